The van der Waals surface area contributed by atoms with Crippen molar-refractivity contribution >= 4 is 58.1 Å². The van der Waals surface area contributed by atoms with Crippen molar-refractivity contribution in [1.82, 2.24) is 0 Å². The second-order valence-corrected chi connectivity index (χ2v) is 62.6. The molecule has 8 rings (SSSR count). The topological polar surface area (TPSA) is 0 Å². The molecule has 0 atom stereocenters. The summed E-state index contributed by atoms with van der Waals surface area (Å²) in [5.74, 6) is -0.732. The molecule has 0 spiro atoms. The third-order valence-corrected chi connectivity index (χ3v) is 59.4. The predicted octanol–water partition coefficient (Wildman–Crippen LogP) is 14.6. The molecular weight excluding hydrogens is 1140 g/mol. The van der Waals surface area contributed by atoms with Crippen LogP contribution in [0, 0.1) is 23.3 Å². The van der Waals surface area contributed by atoms with E-state index in [1.165, 1.54) is 46.6 Å². The first-order chi connectivity index (χ1) is 27.1. The van der Waals surface area contributed by atoms with Gasteiger partial charge in [0.15, 0.2) is 0 Å². The van der Waals surface area contributed by atoms with Crippen molar-refractivity contribution in [3.05, 3.63) is 205 Å². The van der Waals surface area contributed by atoms with Gasteiger partial charge in [0.1, 0.15) is 0 Å². The van der Waals surface area contributed by atoms with Crippen LogP contribution in [0.4, 0.5) is 17.6 Å². The summed E-state index contributed by atoms with van der Waals surface area (Å²) in [5, 5.41) is 0. The summed E-state index contributed by atoms with van der Waals surface area (Å²) in [4.78, 5) is 0. The maximum atomic E-state index is 13.9. The minimum Gasteiger partial charge on any atom is -0.147 e. The van der Waals surface area contributed by atoms with Crippen molar-refractivity contribution in [2.75, 3.05) is 0 Å². The van der Waals surface area contributed by atoms with Crippen molar-refractivity contribution in [3.63, 3.8) is 0 Å². The number of allylic oxidation sites excluding steroid dienone is 16. The Hall–Kier alpha value is -2.73. The number of hydrogen-bond donors (Lipinski definition) is 0. The van der Waals surface area contributed by atoms with Gasteiger partial charge >= 0.3 is 347 Å². The van der Waals surface area contributed by atoms with Crippen LogP contribution >= 0.6 is 24.8 Å². The maximum absolute atomic E-state index is 13.9. The number of halogens is 6. The minimum atomic E-state index is -2.34. The van der Waals surface area contributed by atoms with Crippen LogP contribution < -0.4 is 0 Å². The van der Waals surface area contributed by atoms with E-state index >= 15 is 0 Å². The molecule has 0 fully saturated rings. The van der Waals surface area contributed by atoms with Crippen molar-refractivity contribution < 1.29 is 57.7 Å². The standard InChI is InChI=1S/4C11H8F.2C2H6Si.2ClH.2Hf/c4*12-11-7-3-6-10(8-11)9-4-1-2-5-9;2*1-3-2;;;;/h4*1,3-4,6-8H,2H2;2*1-2H3;2*1H;;. The van der Waals surface area contributed by atoms with E-state index in [2.05, 4.69) is 74.8 Å². The van der Waals surface area contributed by atoms with E-state index in [-0.39, 0.29) is 48.1 Å². The maximum Gasteiger partial charge on any atom is -0.147 e. The number of benzene rings is 4. The molecule has 296 valence electrons. The summed E-state index contributed by atoms with van der Waals surface area (Å²) in [5.41, 5.74) is 7.93. The van der Waals surface area contributed by atoms with Crippen molar-refractivity contribution in [1.29, 1.82) is 0 Å². The van der Waals surface area contributed by atoms with Crippen molar-refractivity contribution in [3.8, 4) is 0 Å². The van der Waals surface area contributed by atoms with E-state index in [4.69, 9.17) is 0 Å². The summed E-state index contributed by atoms with van der Waals surface area (Å²) >= 11 is -4.68. The van der Waals surface area contributed by atoms with Gasteiger partial charge in [-0.1, -0.05) is 0 Å². The van der Waals surface area contributed by atoms with Gasteiger partial charge in [0.25, 0.3) is 0 Å². The molecule has 4 aromatic rings. The second-order valence-electron chi connectivity index (χ2n) is 14.8. The summed E-state index contributed by atoms with van der Waals surface area (Å²) in [7, 11) is 0. The fourth-order valence-electron chi connectivity index (χ4n) is 8.24. The van der Waals surface area contributed by atoms with Gasteiger partial charge < -0.3 is 0 Å². The van der Waals surface area contributed by atoms with Crippen LogP contribution in [-0.2, 0) is 40.1 Å². The van der Waals surface area contributed by atoms with E-state index in [1.807, 2.05) is 24.3 Å². The zero-order valence-electron chi connectivity index (χ0n) is 33.0. The van der Waals surface area contributed by atoms with E-state index < -0.39 is 51.1 Å². The van der Waals surface area contributed by atoms with Crippen LogP contribution in [0.1, 0.15) is 47.9 Å². The van der Waals surface area contributed by atoms with Gasteiger partial charge in [0.2, 0.25) is 0 Å². The fraction of sp³-hybridized carbons (Fsp3) is 0.167. The van der Waals surface area contributed by atoms with Gasteiger partial charge in [-0.25, -0.2) is 0 Å². The molecule has 4 aliphatic carbocycles. The van der Waals surface area contributed by atoms with Crippen molar-refractivity contribution in [2.45, 2.75) is 51.9 Å². The second kappa shape index (κ2) is 21.2. The molecule has 4 aliphatic rings. The molecule has 58 heavy (non-hydrogen) atoms. The molecule has 0 heterocycles. The Balaban J connectivity index is 0.000000214. The molecule has 10 heteroatoms. The monoisotopic (exact) mass is 1180 g/mol. The van der Waals surface area contributed by atoms with E-state index in [9.17, 15) is 17.6 Å². The fourth-order valence-corrected chi connectivity index (χ4v) is 58.8. The first-order valence-corrected chi connectivity index (χ1v) is 42.0. The minimum absolute atomic E-state index is 0. The molecule has 0 amide bonds. The van der Waals surface area contributed by atoms with E-state index in [1.54, 1.807) is 61.8 Å². The zero-order chi connectivity index (χ0) is 39.3. The van der Waals surface area contributed by atoms with Gasteiger partial charge in [-0.3, -0.25) is 0 Å². The quantitative estimate of drug-likeness (QED) is 0.122. The SMILES string of the molecule is C[Si](C)=[Hf]([C]1=C(c2cccc(F)c2)C=CC1)[C]1=C(c2cccc(F)c2)C=CC1.C[Si](C)=[Hf]([C]1=C(c2cccc(F)c2)C=CC1)[C]1=C(c2cccc(F)c2)C=CC1.Cl.Cl. The molecular formula is C48H46Cl2F4Hf2Si2. The molecule has 0 nitrogen and oxygen atoms in total. The summed E-state index contributed by atoms with van der Waals surface area (Å²) in [6.07, 6.45) is 21.6. The molecule has 4 aromatic carbocycles. The van der Waals surface area contributed by atoms with Crippen LogP contribution in [0.2, 0.25) is 26.2 Å². The number of hydrogen-bond acceptors (Lipinski definition) is 0. The molecule has 0 bridgehead atoms. The van der Waals surface area contributed by atoms with Crippen LogP contribution in [-0.4, -0.2) is 11.0 Å². The smallest absolute Gasteiger partial charge is 0.147 e. The first kappa shape index (κ1) is 46.3. The largest absolute Gasteiger partial charge is 0.147 e. The zero-order valence-corrected chi connectivity index (χ0v) is 43.8. The Kier molecular flexibility index (Phi) is 16.9. The third kappa shape index (κ3) is 10.6. The Labute approximate surface area is 368 Å². The molecule has 0 saturated heterocycles. The van der Waals surface area contributed by atoms with Crippen LogP contribution in [0.5, 0.6) is 0 Å². The summed E-state index contributed by atoms with van der Waals surface area (Å²) < 4.78 is 61.7. The molecule has 0 unspecified atom stereocenters. The van der Waals surface area contributed by atoms with Crippen molar-refractivity contribution in [2.24, 2.45) is 0 Å². The number of rotatable bonds is 8. The molecule has 0 aliphatic heterocycles. The Morgan fingerprint density at radius 1 is 0.379 bits per heavy atom. The summed E-state index contributed by atoms with van der Waals surface area (Å²) in [6, 6.07) is 27.9. The molecule has 0 aromatic heterocycles. The van der Waals surface area contributed by atoms with Gasteiger partial charge in [0.05, 0.1) is 0 Å². The third-order valence-electron chi connectivity index (χ3n) is 10.5. The summed E-state index contributed by atoms with van der Waals surface area (Å²) in [6.45, 7) is 9.71. The van der Waals surface area contributed by atoms with Crippen LogP contribution in [0.25, 0.3) is 22.3 Å². The molecule has 0 N–H and O–H groups in total. The normalized spacial score (nSPS) is 15.2. The predicted molar refractivity (Wildman–Crippen MR) is 238 cm³/mol. The van der Waals surface area contributed by atoms with Crippen LogP contribution in [0.3, 0.4) is 0 Å². The molecule has 0 radical (unpaired) electrons. The van der Waals surface area contributed by atoms with E-state index in [0.29, 0.717) is 0 Å². The molecule has 0 saturated carbocycles. The first-order valence-electron chi connectivity index (χ1n) is 19.1. The van der Waals surface area contributed by atoms with Gasteiger partial charge in [-0.2, -0.15) is 0 Å². The van der Waals surface area contributed by atoms with Gasteiger partial charge in [-0.15, -0.1) is 24.8 Å². The van der Waals surface area contributed by atoms with E-state index in [0.717, 1.165) is 47.9 Å². The Bertz CT molecular complexity index is 2220. The average molecular weight is 1180 g/mol. The Morgan fingerprint density at radius 3 is 0.793 bits per heavy atom. The average Bonchev–Trinajstić information content (AvgIpc) is 4.01. The van der Waals surface area contributed by atoms with Crippen LogP contribution in [0.15, 0.2) is 159 Å². The van der Waals surface area contributed by atoms with Gasteiger partial charge in [0, 0.05) is 0 Å². The Morgan fingerprint density at radius 2 is 0.603 bits per heavy atom. The van der Waals surface area contributed by atoms with Gasteiger partial charge in [-0.05, 0) is 0 Å².